The molecule has 0 bridgehead atoms. The Morgan fingerprint density at radius 1 is 0.333 bits per heavy atom. The minimum Gasteiger partial charge on any atom is -0.462 e. The number of rotatable bonds is 44. The first kappa shape index (κ1) is 82.6. The van der Waals surface area contributed by atoms with Gasteiger partial charge >= 0.3 is 29.8 Å². The van der Waals surface area contributed by atoms with Gasteiger partial charge < -0.3 is 75.8 Å². The minimum absolute atomic E-state index is 0.0355. The van der Waals surface area contributed by atoms with Gasteiger partial charge in [-0.3, -0.25) is 9.59 Å². The topological polar surface area (TPSA) is 233 Å². The number of benzene rings is 8. The van der Waals surface area contributed by atoms with Gasteiger partial charge in [-0.25, -0.2) is 14.4 Å². The van der Waals surface area contributed by atoms with Crippen molar-refractivity contribution in [3.63, 3.8) is 0 Å². The van der Waals surface area contributed by atoms with Gasteiger partial charge in [0.25, 0.3) is 0 Å². The highest BCUT2D eigenvalue weighted by atomic mass is 16.8. The quantitative estimate of drug-likeness (QED) is 0.0196. The lowest BCUT2D eigenvalue weighted by molar-refractivity contribution is -0.337. The van der Waals surface area contributed by atoms with Gasteiger partial charge in [-0.15, -0.1) is 0 Å². The highest BCUT2D eigenvalue weighted by molar-refractivity contribution is 5.91. The van der Waals surface area contributed by atoms with E-state index in [9.17, 15) is 24.0 Å². The second-order valence-electron chi connectivity index (χ2n) is 27.7. The molecule has 8 aromatic carbocycles. The highest BCUT2D eigenvalue weighted by Crippen LogP contribution is 2.39. The van der Waals surface area contributed by atoms with Crippen molar-refractivity contribution in [1.29, 1.82) is 0 Å². The van der Waals surface area contributed by atoms with Crippen LogP contribution >= 0.6 is 0 Å². The Balaban J connectivity index is 1.03. The molecule has 0 N–H and O–H groups in total. The van der Waals surface area contributed by atoms with Crippen LogP contribution in [-0.2, 0) is 118 Å². The fraction of sp³-hybridized carbons (Fsp3) is 0.411. The number of hydrogen-bond donors (Lipinski definition) is 0. The largest absolute Gasteiger partial charge is 0.462 e. The van der Waals surface area contributed by atoms with E-state index in [0.717, 1.165) is 53.5 Å². The Morgan fingerprint density at radius 2 is 0.721 bits per heavy atom. The standard InChI is InChI=1S/C90H102O21/c1-4-5-6-7-8-9-10-11-12-37-54-97-89-83(104-64(3)92)80(101-58-68-44-27-16-28-45-68)77(110-89)75(107-90-84(109-87(95)72-52-35-20-36-53-72)81(108-86(94)71-50-33-19-34-51-71)78(111-90)74(61-98-63(2)91)105-85(93)70-48-31-18-32-49-70)62-103-88-82(102-59-69-46-29-17-30-47-69)79(100-57-67-42-25-15-26-43-67)76(99-56-66-40-23-14-24-41-66)73(106-88)60-96-55-65-38-21-13-22-39-65/h13-36,38-53,73-84,88-90H,4-12,37,54-62H2,1-3H3/t73-,74-,75-,76+,77+,78+,79+,80+,81+,82-,83-,84-,88+,89-,90-/m1/s1. The van der Waals surface area contributed by atoms with Crippen LogP contribution in [-0.4, -0.2) is 148 Å². The zero-order chi connectivity index (χ0) is 77.2. The first-order valence-corrected chi connectivity index (χ1v) is 38.6. The predicted molar refractivity (Wildman–Crippen MR) is 410 cm³/mol. The van der Waals surface area contributed by atoms with Gasteiger partial charge in [-0.05, 0) is 70.6 Å². The molecule has 3 saturated heterocycles. The van der Waals surface area contributed by atoms with Gasteiger partial charge in [0.15, 0.2) is 43.3 Å². The Labute approximate surface area is 650 Å². The maximum Gasteiger partial charge on any atom is 0.338 e. The fourth-order valence-corrected chi connectivity index (χ4v) is 13.6. The second-order valence-corrected chi connectivity index (χ2v) is 27.7. The maximum atomic E-state index is 15.0. The first-order valence-electron chi connectivity index (χ1n) is 38.6. The monoisotopic (exact) mass is 1520 g/mol. The van der Waals surface area contributed by atoms with Crippen LogP contribution in [0, 0.1) is 0 Å². The molecule has 0 radical (unpaired) electrons. The summed E-state index contributed by atoms with van der Waals surface area (Å²) in [5.74, 6) is -4.08. The normalized spacial score (nSPS) is 22.7. The number of esters is 5. The van der Waals surface area contributed by atoms with Crippen molar-refractivity contribution in [3.8, 4) is 0 Å². The first-order chi connectivity index (χ1) is 54.4. The van der Waals surface area contributed by atoms with E-state index in [0.29, 0.717) is 6.42 Å². The Kier molecular flexibility index (Phi) is 33.2. The smallest absolute Gasteiger partial charge is 0.338 e. The zero-order valence-corrected chi connectivity index (χ0v) is 63.3. The molecule has 3 aliphatic heterocycles. The summed E-state index contributed by atoms with van der Waals surface area (Å²) >= 11 is 0. The molecule has 0 aromatic heterocycles. The molecule has 588 valence electrons. The van der Waals surface area contributed by atoms with E-state index in [4.69, 9.17) is 75.8 Å². The molecule has 21 nitrogen and oxygen atoms in total. The molecule has 0 aliphatic carbocycles. The summed E-state index contributed by atoms with van der Waals surface area (Å²) < 4.78 is 109. The van der Waals surface area contributed by atoms with Crippen LogP contribution in [0.1, 0.15) is 144 Å². The summed E-state index contributed by atoms with van der Waals surface area (Å²) in [6, 6.07) is 72.5. The van der Waals surface area contributed by atoms with Gasteiger partial charge in [0.05, 0.1) is 62.9 Å². The minimum atomic E-state index is -1.86. The van der Waals surface area contributed by atoms with Crippen LogP contribution in [0.3, 0.4) is 0 Å². The van der Waals surface area contributed by atoms with Crippen molar-refractivity contribution in [2.75, 3.05) is 26.4 Å². The molecule has 3 aliphatic rings. The lowest BCUT2D eigenvalue weighted by atomic mass is 9.97. The number of carbonyl (C=O) groups excluding carboxylic acids is 5. The van der Waals surface area contributed by atoms with Crippen LogP contribution in [0.2, 0.25) is 0 Å². The van der Waals surface area contributed by atoms with Gasteiger partial charge in [0, 0.05) is 20.5 Å². The van der Waals surface area contributed by atoms with Crippen molar-refractivity contribution in [2.24, 2.45) is 0 Å². The number of carbonyl (C=O) groups is 5. The Morgan fingerprint density at radius 3 is 1.20 bits per heavy atom. The summed E-state index contributed by atoms with van der Waals surface area (Å²) in [7, 11) is 0. The average molecular weight is 1520 g/mol. The second kappa shape index (κ2) is 44.6. The molecular formula is C90H102O21. The van der Waals surface area contributed by atoms with Crippen molar-refractivity contribution < 1.29 is 99.8 Å². The van der Waals surface area contributed by atoms with E-state index in [1.54, 1.807) is 66.7 Å². The lowest BCUT2D eigenvalue weighted by Gasteiger charge is -2.46. The molecule has 0 amide bonds. The average Bonchev–Trinajstić information content (AvgIpc) is 1.71. The molecule has 111 heavy (non-hydrogen) atoms. The molecule has 3 heterocycles. The number of hydrogen-bond acceptors (Lipinski definition) is 21. The highest BCUT2D eigenvalue weighted by Gasteiger charge is 2.59. The van der Waals surface area contributed by atoms with Gasteiger partial charge in [-0.2, -0.15) is 0 Å². The SMILES string of the molecule is CCCCCCCCCCCCO[C@@H]1O[C@@H]([C@@H](CO[C@H]2O[C@H](COCc3ccccc3)[C@H](OCc3ccccc3)[C@H](OCc3ccccc3)[C@H]2OCc2ccccc2)O[C@@H]2O[C@@H]([C@@H](COC(C)=O)OC(=O)c3ccccc3)[C@H](OC(=O)c3ccccc3)[C@H]2OC(=O)c2ccccc2)[C@H](OCc2ccccc2)[C@H]1OC(C)=O. The summed E-state index contributed by atoms with van der Waals surface area (Å²) in [4.78, 5) is 70.9. The van der Waals surface area contributed by atoms with E-state index < -0.39 is 135 Å². The van der Waals surface area contributed by atoms with E-state index in [1.165, 1.54) is 70.2 Å². The molecule has 21 heteroatoms. The van der Waals surface area contributed by atoms with Crippen LogP contribution in [0.5, 0.6) is 0 Å². The van der Waals surface area contributed by atoms with E-state index in [1.807, 2.05) is 152 Å². The van der Waals surface area contributed by atoms with Gasteiger partial charge in [0.2, 0.25) is 0 Å². The molecule has 0 saturated carbocycles. The van der Waals surface area contributed by atoms with Crippen LogP contribution in [0.25, 0.3) is 0 Å². The lowest BCUT2D eigenvalue weighted by Crippen LogP contribution is -2.62. The molecule has 11 rings (SSSR count). The van der Waals surface area contributed by atoms with Gasteiger partial charge in [-0.1, -0.05) is 271 Å². The molecule has 15 atom stereocenters. The molecule has 0 spiro atoms. The molecule has 0 unspecified atom stereocenters. The summed E-state index contributed by atoms with van der Waals surface area (Å²) in [6.45, 7) is 4.11. The summed E-state index contributed by atoms with van der Waals surface area (Å²) in [6.07, 6.45) is -9.94. The third kappa shape index (κ3) is 25.6. The number of unbranched alkanes of at least 4 members (excludes halogenated alkanes) is 9. The molecule has 3 fully saturated rings. The molecular weight excluding hydrogens is 1420 g/mol. The third-order valence-electron chi connectivity index (χ3n) is 19.3. The van der Waals surface area contributed by atoms with Crippen molar-refractivity contribution in [1.82, 2.24) is 0 Å². The maximum absolute atomic E-state index is 15.0. The third-order valence-corrected chi connectivity index (χ3v) is 19.3. The number of ether oxygens (including phenoxy) is 16. The zero-order valence-electron chi connectivity index (χ0n) is 63.3. The van der Waals surface area contributed by atoms with Crippen LogP contribution < -0.4 is 0 Å². The Hall–Kier alpha value is -9.33. The summed E-state index contributed by atoms with van der Waals surface area (Å²) in [5.41, 5.74) is 4.53. The van der Waals surface area contributed by atoms with Crippen molar-refractivity contribution in [3.05, 3.63) is 287 Å². The fourth-order valence-electron chi connectivity index (χ4n) is 13.6. The molecule has 8 aromatic rings. The van der Waals surface area contributed by atoms with Crippen molar-refractivity contribution in [2.45, 2.75) is 210 Å². The van der Waals surface area contributed by atoms with Crippen LogP contribution in [0.4, 0.5) is 0 Å². The van der Waals surface area contributed by atoms with E-state index in [2.05, 4.69) is 6.92 Å². The van der Waals surface area contributed by atoms with E-state index in [-0.39, 0.29) is 62.9 Å². The Bertz CT molecular complexity index is 4000. The predicted octanol–water partition coefficient (Wildman–Crippen LogP) is 15.2. The van der Waals surface area contributed by atoms with Crippen molar-refractivity contribution >= 4 is 29.8 Å². The van der Waals surface area contributed by atoms with Crippen LogP contribution in [0.15, 0.2) is 243 Å². The van der Waals surface area contributed by atoms with Gasteiger partial charge in [0.1, 0.15) is 55.4 Å². The summed E-state index contributed by atoms with van der Waals surface area (Å²) in [5, 5.41) is 0. The van der Waals surface area contributed by atoms with E-state index >= 15 is 0 Å².